The summed E-state index contributed by atoms with van der Waals surface area (Å²) in [4.78, 5) is 11.7. The minimum absolute atomic E-state index is 0.284. The molecule has 1 amide bonds. The molecule has 15 heavy (non-hydrogen) atoms. The quantitative estimate of drug-likeness (QED) is 0.754. The van der Waals surface area contributed by atoms with E-state index in [1.165, 1.54) is 0 Å². The molecule has 0 atom stereocenters. The second kappa shape index (κ2) is 3.65. The lowest BCUT2D eigenvalue weighted by Crippen LogP contribution is -2.15. The molecule has 0 radical (unpaired) electrons. The van der Waals surface area contributed by atoms with Crippen LogP contribution in [0.1, 0.15) is 10.5 Å². The van der Waals surface area contributed by atoms with Crippen molar-refractivity contribution >= 4 is 28.3 Å². The fraction of sp³-hybridized carbons (Fsp3) is 0.143. The smallest absolute Gasteiger partial charge is 0.274 e. The van der Waals surface area contributed by atoms with E-state index >= 15 is 0 Å². The van der Waals surface area contributed by atoms with Gasteiger partial charge in [0.05, 0.1) is 5.69 Å². The van der Waals surface area contributed by atoms with Gasteiger partial charge in [-0.25, -0.2) is 0 Å². The van der Waals surface area contributed by atoms with Crippen LogP contribution in [0.4, 0.5) is 10.8 Å². The average Bonchev–Trinajstić information content (AvgIpc) is 2.75. The van der Waals surface area contributed by atoms with Crippen LogP contribution in [-0.4, -0.2) is 25.3 Å². The number of nitrogens with one attached hydrogen (secondary N) is 1. The zero-order valence-corrected chi connectivity index (χ0v) is 8.65. The van der Waals surface area contributed by atoms with Crippen LogP contribution in [0.25, 0.3) is 0 Å². The van der Waals surface area contributed by atoms with Gasteiger partial charge in [-0.05, 0) is 11.3 Å². The van der Waals surface area contributed by atoms with Crippen molar-refractivity contribution in [3.05, 3.63) is 18.0 Å². The third kappa shape index (κ3) is 1.94. The first kappa shape index (κ1) is 9.59. The normalized spacial score (nSPS) is 10.2. The Balaban J connectivity index is 2.18. The Bertz CT molecular complexity index is 476. The molecule has 8 heteroatoms. The lowest BCUT2D eigenvalue weighted by Gasteiger charge is -2.00. The molecule has 0 unspecified atom stereocenters. The number of nitrogens with two attached hydrogens (primary N) is 1. The molecule has 0 fully saturated rings. The summed E-state index contributed by atoms with van der Waals surface area (Å²) in [5, 5.41) is 9.89. The van der Waals surface area contributed by atoms with Crippen LogP contribution in [0.3, 0.4) is 0 Å². The van der Waals surface area contributed by atoms with Gasteiger partial charge in [-0.1, -0.05) is 9.59 Å². The van der Waals surface area contributed by atoms with Crippen molar-refractivity contribution in [3.63, 3.8) is 0 Å². The SMILES string of the molecule is Cn1cc(N)cc1C(=O)Nc1nnns1. The summed E-state index contributed by atoms with van der Waals surface area (Å²) >= 11 is 1.01. The third-order valence-electron chi connectivity index (χ3n) is 1.78. The lowest BCUT2D eigenvalue weighted by molar-refractivity contribution is 0.101. The lowest BCUT2D eigenvalue weighted by atomic mass is 10.4. The fourth-order valence-corrected chi connectivity index (χ4v) is 1.52. The molecule has 0 bridgehead atoms. The largest absolute Gasteiger partial charge is 0.397 e. The van der Waals surface area contributed by atoms with Gasteiger partial charge < -0.3 is 10.3 Å². The van der Waals surface area contributed by atoms with Gasteiger partial charge in [0.15, 0.2) is 0 Å². The Hall–Kier alpha value is -1.96. The molecule has 3 N–H and O–H groups in total. The summed E-state index contributed by atoms with van der Waals surface area (Å²) in [7, 11) is 1.74. The summed E-state index contributed by atoms with van der Waals surface area (Å²) in [6, 6.07) is 1.59. The Labute approximate surface area is 89.1 Å². The van der Waals surface area contributed by atoms with Gasteiger partial charge in [-0.15, -0.1) is 0 Å². The van der Waals surface area contributed by atoms with Crippen LogP contribution in [-0.2, 0) is 7.05 Å². The molecule has 0 saturated carbocycles. The van der Waals surface area contributed by atoms with Crippen LogP contribution in [0.5, 0.6) is 0 Å². The highest BCUT2D eigenvalue weighted by Crippen LogP contribution is 2.12. The molecule has 2 aromatic heterocycles. The first-order valence-electron chi connectivity index (χ1n) is 4.05. The molecule has 0 aliphatic carbocycles. The number of hydrogen-bond donors (Lipinski definition) is 2. The van der Waals surface area contributed by atoms with Crippen molar-refractivity contribution in [3.8, 4) is 0 Å². The Kier molecular flexibility index (Phi) is 2.34. The number of hydrogen-bond acceptors (Lipinski definition) is 6. The maximum atomic E-state index is 11.7. The van der Waals surface area contributed by atoms with E-state index < -0.39 is 0 Å². The Morgan fingerprint density at radius 3 is 3.00 bits per heavy atom. The Morgan fingerprint density at radius 1 is 1.67 bits per heavy atom. The number of carbonyl (C=O) groups excluding carboxylic acids is 1. The minimum atomic E-state index is -0.284. The summed E-state index contributed by atoms with van der Waals surface area (Å²) in [5.74, 6) is -0.284. The number of nitrogens with zero attached hydrogens (tertiary/aromatic N) is 4. The molecule has 2 heterocycles. The van der Waals surface area contributed by atoms with E-state index in [-0.39, 0.29) is 5.91 Å². The molecular weight excluding hydrogens is 216 g/mol. The highest BCUT2D eigenvalue weighted by Gasteiger charge is 2.12. The topological polar surface area (TPSA) is 98.7 Å². The highest BCUT2D eigenvalue weighted by molar-refractivity contribution is 7.09. The van der Waals surface area contributed by atoms with E-state index in [9.17, 15) is 4.79 Å². The molecule has 0 spiro atoms. The third-order valence-corrected chi connectivity index (χ3v) is 2.29. The average molecular weight is 224 g/mol. The molecule has 7 nitrogen and oxygen atoms in total. The maximum absolute atomic E-state index is 11.7. The maximum Gasteiger partial charge on any atom is 0.274 e. The molecule has 0 aliphatic rings. The van der Waals surface area contributed by atoms with E-state index in [0.29, 0.717) is 16.5 Å². The van der Waals surface area contributed by atoms with Gasteiger partial charge >= 0.3 is 0 Å². The van der Waals surface area contributed by atoms with Gasteiger partial charge in [0, 0.05) is 24.8 Å². The molecule has 2 rings (SSSR count). The van der Waals surface area contributed by atoms with Crippen molar-refractivity contribution in [2.45, 2.75) is 0 Å². The molecule has 0 aliphatic heterocycles. The van der Waals surface area contributed by atoms with E-state index in [2.05, 4.69) is 20.1 Å². The molecule has 0 saturated heterocycles. The van der Waals surface area contributed by atoms with Gasteiger partial charge in [0.1, 0.15) is 5.69 Å². The van der Waals surface area contributed by atoms with Crippen molar-refractivity contribution in [2.24, 2.45) is 7.05 Å². The van der Waals surface area contributed by atoms with E-state index in [0.717, 1.165) is 11.5 Å². The molecule has 0 aromatic carbocycles. The number of aryl methyl sites for hydroxylation is 1. The predicted molar refractivity (Wildman–Crippen MR) is 55.5 cm³/mol. The van der Waals surface area contributed by atoms with Gasteiger partial charge in [0.25, 0.3) is 5.91 Å². The first-order chi connectivity index (χ1) is 7.16. The Morgan fingerprint density at radius 2 is 2.47 bits per heavy atom. The second-order valence-corrected chi connectivity index (χ2v) is 3.62. The van der Waals surface area contributed by atoms with E-state index in [1.807, 2.05) is 0 Å². The van der Waals surface area contributed by atoms with Gasteiger partial charge in [0.2, 0.25) is 5.13 Å². The zero-order chi connectivity index (χ0) is 10.8. The van der Waals surface area contributed by atoms with Crippen molar-refractivity contribution < 1.29 is 4.79 Å². The van der Waals surface area contributed by atoms with Crippen LogP contribution in [0, 0.1) is 0 Å². The monoisotopic (exact) mass is 224 g/mol. The minimum Gasteiger partial charge on any atom is -0.397 e. The van der Waals surface area contributed by atoms with Crippen LogP contribution >= 0.6 is 11.5 Å². The van der Waals surface area contributed by atoms with Gasteiger partial charge in [-0.3, -0.25) is 10.1 Å². The molecular formula is C7H8N6OS. The molecule has 78 valence electrons. The van der Waals surface area contributed by atoms with Crippen molar-refractivity contribution in [1.82, 2.24) is 19.4 Å². The number of aromatic nitrogens is 4. The summed E-state index contributed by atoms with van der Waals surface area (Å²) in [6.45, 7) is 0. The highest BCUT2D eigenvalue weighted by atomic mass is 32.1. The van der Waals surface area contributed by atoms with Crippen molar-refractivity contribution in [2.75, 3.05) is 11.1 Å². The number of nitrogen functional groups attached to an aromatic ring is 1. The van der Waals surface area contributed by atoms with Crippen LogP contribution < -0.4 is 11.1 Å². The summed E-state index contributed by atoms with van der Waals surface area (Å²) < 4.78 is 5.17. The standard InChI is InChI=1S/C7H8N6OS/c1-13-3-4(8)2-5(13)6(14)9-7-10-11-12-15-7/h2-3H,8H2,1H3,(H,9,10,12,14). The summed E-state index contributed by atoms with van der Waals surface area (Å²) in [6.07, 6.45) is 1.66. The van der Waals surface area contributed by atoms with Crippen LogP contribution in [0.2, 0.25) is 0 Å². The number of anilines is 2. The predicted octanol–water partition coefficient (Wildman–Crippen LogP) is 0.106. The van der Waals surface area contributed by atoms with Crippen LogP contribution in [0.15, 0.2) is 12.3 Å². The zero-order valence-electron chi connectivity index (χ0n) is 7.84. The fourth-order valence-electron chi connectivity index (χ4n) is 1.16. The number of carbonyl (C=O) groups is 1. The molecule has 2 aromatic rings. The van der Waals surface area contributed by atoms with E-state index in [1.54, 1.807) is 23.9 Å². The van der Waals surface area contributed by atoms with E-state index in [4.69, 9.17) is 5.73 Å². The van der Waals surface area contributed by atoms with Gasteiger partial charge in [-0.2, -0.15) is 0 Å². The first-order valence-corrected chi connectivity index (χ1v) is 4.82. The summed E-state index contributed by atoms with van der Waals surface area (Å²) in [5.41, 5.74) is 6.55. The second-order valence-electron chi connectivity index (χ2n) is 2.89. The number of amides is 1. The number of rotatable bonds is 2. The van der Waals surface area contributed by atoms with Crippen molar-refractivity contribution in [1.29, 1.82) is 0 Å².